The smallest absolute Gasteiger partial charge is 0.335 e. The zero-order valence-corrected chi connectivity index (χ0v) is 21.5. The molecule has 2 aliphatic rings. The highest BCUT2D eigenvalue weighted by Crippen LogP contribution is 2.48. The van der Waals surface area contributed by atoms with Crippen molar-refractivity contribution >= 4 is 22.6 Å². The number of carboxylic acid groups (broad SMARTS) is 1. The Balaban J connectivity index is 1.52. The van der Waals surface area contributed by atoms with E-state index in [-0.39, 0.29) is 17.5 Å². The van der Waals surface area contributed by atoms with E-state index in [0.29, 0.717) is 19.6 Å². The van der Waals surface area contributed by atoms with Gasteiger partial charge in [-0.05, 0) is 68.1 Å². The second kappa shape index (κ2) is 10.1. The van der Waals surface area contributed by atoms with Crippen LogP contribution in [-0.2, 0) is 13.2 Å². The van der Waals surface area contributed by atoms with E-state index in [4.69, 9.17) is 4.74 Å². The van der Waals surface area contributed by atoms with Crippen LogP contribution in [0.3, 0.4) is 0 Å². The topological polar surface area (TPSA) is 76.4 Å². The third-order valence-electron chi connectivity index (χ3n) is 7.95. The number of nitrogens with one attached hydrogen (secondary N) is 1. The van der Waals surface area contributed by atoms with Gasteiger partial charge >= 0.3 is 5.97 Å². The zero-order chi connectivity index (χ0) is 26.2. The van der Waals surface area contributed by atoms with E-state index in [9.17, 15) is 9.90 Å². The number of carboxylic acids is 1. The van der Waals surface area contributed by atoms with E-state index in [2.05, 4.69) is 27.9 Å². The first-order chi connectivity index (χ1) is 18.5. The molecule has 0 amide bonds. The van der Waals surface area contributed by atoms with Gasteiger partial charge < -0.3 is 19.7 Å². The number of halogens is 1. The number of alkyl halides is 1. The number of aryl methyl sites for hydroxylation is 1. The van der Waals surface area contributed by atoms with E-state index in [1.54, 1.807) is 18.3 Å². The van der Waals surface area contributed by atoms with Gasteiger partial charge in [0.2, 0.25) is 0 Å². The van der Waals surface area contributed by atoms with Gasteiger partial charge in [0, 0.05) is 52.9 Å². The lowest BCUT2D eigenvalue weighted by Crippen LogP contribution is -2.23. The number of aromatic nitrogens is 2. The highest BCUT2D eigenvalue weighted by atomic mass is 19.1. The monoisotopic (exact) mass is 513 g/mol. The van der Waals surface area contributed by atoms with Gasteiger partial charge in [-0.25, -0.2) is 9.18 Å². The van der Waals surface area contributed by atoms with Crippen LogP contribution in [0.25, 0.3) is 22.2 Å². The quantitative estimate of drug-likeness (QED) is 0.296. The minimum absolute atomic E-state index is 0.181. The lowest BCUT2D eigenvalue weighted by molar-refractivity contribution is 0.0697. The third-order valence-corrected chi connectivity index (χ3v) is 7.95. The van der Waals surface area contributed by atoms with E-state index in [1.807, 2.05) is 36.4 Å². The van der Waals surface area contributed by atoms with Gasteiger partial charge in [0.25, 0.3) is 0 Å². The number of anilines is 1. The summed E-state index contributed by atoms with van der Waals surface area (Å²) in [5, 5.41) is 14.3. The zero-order valence-electron chi connectivity index (χ0n) is 21.5. The van der Waals surface area contributed by atoms with Crippen LogP contribution in [0.15, 0.2) is 60.8 Å². The number of carbonyl (C=O) groups is 1. The van der Waals surface area contributed by atoms with Crippen LogP contribution in [-0.4, -0.2) is 32.8 Å². The summed E-state index contributed by atoms with van der Waals surface area (Å²) in [4.78, 5) is 16.2. The van der Waals surface area contributed by atoms with Crippen LogP contribution >= 0.6 is 0 Å². The minimum atomic E-state index is -0.957. The summed E-state index contributed by atoms with van der Waals surface area (Å²) >= 11 is 0. The molecule has 6 rings (SSSR count). The Morgan fingerprint density at radius 2 is 2.00 bits per heavy atom. The molecule has 2 unspecified atom stereocenters. The Morgan fingerprint density at radius 1 is 1.13 bits per heavy atom. The average Bonchev–Trinajstić information content (AvgIpc) is 3.23. The van der Waals surface area contributed by atoms with Crippen molar-refractivity contribution < 1.29 is 19.0 Å². The molecule has 2 N–H and O–H groups in total. The lowest BCUT2D eigenvalue weighted by atomic mass is 9.80. The normalized spacial score (nSPS) is 21.1. The summed E-state index contributed by atoms with van der Waals surface area (Å²) in [6.07, 6.45) is 4.93. The molecule has 2 aromatic heterocycles. The van der Waals surface area contributed by atoms with Gasteiger partial charge in [0.1, 0.15) is 18.5 Å². The molecule has 1 fully saturated rings. The number of benzene rings is 2. The highest BCUT2D eigenvalue weighted by molar-refractivity contribution is 5.99. The molecule has 4 aromatic rings. The van der Waals surface area contributed by atoms with Crippen molar-refractivity contribution in [1.29, 1.82) is 0 Å². The van der Waals surface area contributed by atoms with Crippen molar-refractivity contribution in [3.8, 4) is 17.0 Å². The fraction of sp³-hybridized carbons (Fsp3) is 0.355. The van der Waals surface area contributed by atoms with Gasteiger partial charge in [0.05, 0.1) is 17.0 Å². The van der Waals surface area contributed by atoms with Gasteiger partial charge in [-0.2, -0.15) is 0 Å². The number of fused-ring (bicyclic) bond motifs is 5. The highest BCUT2D eigenvalue weighted by Gasteiger charge is 2.34. The second-order valence-electron chi connectivity index (χ2n) is 10.5. The fourth-order valence-corrected chi connectivity index (χ4v) is 6.06. The maximum Gasteiger partial charge on any atom is 0.335 e. The molecule has 3 heterocycles. The lowest BCUT2D eigenvalue weighted by Gasteiger charge is -2.29. The molecule has 38 heavy (non-hydrogen) atoms. The summed E-state index contributed by atoms with van der Waals surface area (Å²) in [5.41, 5.74) is 5.88. The number of pyridine rings is 1. The molecule has 0 spiro atoms. The van der Waals surface area contributed by atoms with E-state index >= 15 is 4.39 Å². The number of hydrogen-bond acceptors (Lipinski definition) is 4. The predicted octanol–water partition coefficient (Wildman–Crippen LogP) is 7.18. The summed E-state index contributed by atoms with van der Waals surface area (Å²) in [5.74, 6) is -0.447. The molecular formula is C31H32FN3O3. The standard InChI is InChI=1S/C31H32FN3O3/c1-19-13-15-35-28-16-20(31(36)37)9-11-25(28)29(23-7-2-3-8-26(23)32)30(35)24-12-10-22(17-27(24)34-19)38-18-21-6-4-5-14-33-21/h4-6,9-12,14,16-17,19,23,26,34H,2-3,7-8,13,15,18H2,1H3,(H,36,37)/t19?,23?,26-/m0/s1. The first-order valence-electron chi connectivity index (χ1n) is 13.5. The molecule has 0 bridgehead atoms. The molecule has 1 saturated carbocycles. The average molecular weight is 514 g/mol. The molecule has 3 atom stereocenters. The molecule has 7 heteroatoms. The fourth-order valence-electron chi connectivity index (χ4n) is 6.06. The van der Waals surface area contributed by atoms with Crippen molar-refractivity contribution in [2.24, 2.45) is 0 Å². The Labute approximate surface area is 221 Å². The third kappa shape index (κ3) is 4.51. The van der Waals surface area contributed by atoms with Crippen LogP contribution < -0.4 is 10.1 Å². The predicted molar refractivity (Wildman–Crippen MR) is 147 cm³/mol. The van der Waals surface area contributed by atoms with Crippen LogP contribution in [0.1, 0.15) is 66.6 Å². The van der Waals surface area contributed by atoms with Gasteiger partial charge in [-0.1, -0.05) is 25.0 Å². The van der Waals surface area contributed by atoms with E-state index in [0.717, 1.165) is 70.5 Å². The van der Waals surface area contributed by atoms with Crippen molar-refractivity contribution in [2.75, 3.05) is 5.32 Å². The number of rotatable bonds is 5. The minimum Gasteiger partial charge on any atom is -0.487 e. The SMILES string of the molecule is CC1CCn2c(c(C3CCCC[C@@H]3F)c3ccc(C(=O)O)cc32)-c2ccc(OCc3ccccn3)cc2N1. The van der Waals surface area contributed by atoms with Crippen molar-refractivity contribution in [3.63, 3.8) is 0 Å². The van der Waals surface area contributed by atoms with Crippen molar-refractivity contribution in [2.45, 2.75) is 70.3 Å². The number of ether oxygens (including phenoxy) is 1. The molecule has 6 nitrogen and oxygen atoms in total. The Kier molecular flexibility index (Phi) is 6.52. The molecule has 1 aliphatic heterocycles. The maximum atomic E-state index is 15.5. The molecular weight excluding hydrogens is 481 g/mol. The molecule has 1 aliphatic carbocycles. The summed E-state index contributed by atoms with van der Waals surface area (Å²) in [6.45, 7) is 3.22. The molecule has 196 valence electrons. The van der Waals surface area contributed by atoms with Gasteiger partial charge in [-0.3, -0.25) is 4.98 Å². The number of aromatic carboxylic acids is 1. The second-order valence-corrected chi connectivity index (χ2v) is 10.5. The first kappa shape index (κ1) is 24.5. The summed E-state index contributed by atoms with van der Waals surface area (Å²) < 4.78 is 23.8. The summed E-state index contributed by atoms with van der Waals surface area (Å²) in [7, 11) is 0. The Hall–Kier alpha value is -3.87. The molecule has 2 aromatic carbocycles. The number of nitrogens with zero attached hydrogens (tertiary/aromatic N) is 2. The van der Waals surface area contributed by atoms with E-state index < -0.39 is 12.1 Å². The van der Waals surface area contributed by atoms with Crippen molar-refractivity contribution in [3.05, 3.63) is 77.6 Å². The number of hydrogen-bond donors (Lipinski definition) is 2. The van der Waals surface area contributed by atoms with Crippen LogP contribution in [0.5, 0.6) is 5.75 Å². The van der Waals surface area contributed by atoms with Crippen molar-refractivity contribution in [1.82, 2.24) is 9.55 Å². The van der Waals surface area contributed by atoms with Crippen LogP contribution in [0.2, 0.25) is 0 Å². The first-order valence-corrected chi connectivity index (χ1v) is 13.5. The van der Waals surface area contributed by atoms with E-state index in [1.165, 1.54) is 0 Å². The van der Waals surface area contributed by atoms with Gasteiger partial charge in [-0.15, -0.1) is 0 Å². The Morgan fingerprint density at radius 3 is 2.79 bits per heavy atom. The van der Waals surface area contributed by atoms with Gasteiger partial charge in [0.15, 0.2) is 0 Å². The summed E-state index contributed by atoms with van der Waals surface area (Å²) in [6, 6.07) is 17.2. The largest absolute Gasteiger partial charge is 0.487 e. The Bertz CT molecular complexity index is 1480. The van der Waals surface area contributed by atoms with Crippen LogP contribution in [0, 0.1) is 0 Å². The maximum absolute atomic E-state index is 15.5. The van der Waals surface area contributed by atoms with Crippen LogP contribution in [0.4, 0.5) is 10.1 Å². The molecule has 0 radical (unpaired) electrons. The molecule has 0 saturated heterocycles.